The van der Waals surface area contributed by atoms with E-state index in [0.29, 0.717) is 23.5 Å². The van der Waals surface area contributed by atoms with Crippen LogP contribution in [0.2, 0.25) is 0 Å². The standard InChI is InChI=1S/C23H24N4O3/c1-2-24-23(30)27-20-9-5-8-19(15-20)26-21(28)12-13-25-22(29)18-11-10-16-6-3-4-7-17(16)14-18/h3-11,14-15H,2,12-13H2,1H3,(H,25,29)(H,26,28)(H2,24,27,30). The largest absolute Gasteiger partial charge is 0.352 e. The van der Waals surface area contributed by atoms with Crippen molar-refractivity contribution in [1.82, 2.24) is 10.6 Å². The zero-order chi connectivity index (χ0) is 21.3. The van der Waals surface area contributed by atoms with Gasteiger partial charge in [0.2, 0.25) is 5.91 Å². The van der Waals surface area contributed by atoms with Crippen LogP contribution < -0.4 is 21.3 Å². The van der Waals surface area contributed by atoms with Gasteiger partial charge in [-0.15, -0.1) is 0 Å². The van der Waals surface area contributed by atoms with Crippen molar-refractivity contribution in [2.75, 3.05) is 23.7 Å². The zero-order valence-corrected chi connectivity index (χ0v) is 16.7. The molecule has 4 N–H and O–H groups in total. The maximum Gasteiger partial charge on any atom is 0.319 e. The lowest BCUT2D eigenvalue weighted by molar-refractivity contribution is -0.116. The molecule has 0 atom stereocenters. The minimum absolute atomic E-state index is 0.132. The van der Waals surface area contributed by atoms with E-state index in [0.717, 1.165) is 10.8 Å². The molecule has 3 aromatic carbocycles. The second kappa shape index (κ2) is 10.1. The number of urea groups is 1. The Labute approximate surface area is 174 Å². The molecule has 4 amide bonds. The first kappa shape index (κ1) is 20.9. The highest BCUT2D eigenvalue weighted by molar-refractivity contribution is 5.99. The normalized spacial score (nSPS) is 10.3. The topological polar surface area (TPSA) is 99.3 Å². The number of anilines is 2. The fourth-order valence-corrected chi connectivity index (χ4v) is 2.96. The first-order valence-corrected chi connectivity index (χ1v) is 9.77. The van der Waals surface area contributed by atoms with Crippen LogP contribution in [-0.2, 0) is 4.79 Å². The van der Waals surface area contributed by atoms with Crippen molar-refractivity contribution in [3.63, 3.8) is 0 Å². The second-order valence-corrected chi connectivity index (χ2v) is 6.68. The molecule has 0 aromatic heterocycles. The van der Waals surface area contributed by atoms with E-state index in [2.05, 4.69) is 21.3 Å². The first-order valence-electron chi connectivity index (χ1n) is 9.77. The van der Waals surface area contributed by atoms with Gasteiger partial charge < -0.3 is 21.3 Å². The molecule has 0 saturated carbocycles. The van der Waals surface area contributed by atoms with Crippen LogP contribution in [-0.4, -0.2) is 30.9 Å². The van der Waals surface area contributed by atoms with Crippen LogP contribution in [0.15, 0.2) is 66.7 Å². The number of hydrogen-bond donors (Lipinski definition) is 4. The highest BCUT2D eigenvalue weighted by Crippen LogP contribution is 2.16. The minimum atomic E-state index is -0.308. The van der Waals surface area contributed by atoms with Crippen LogP contribution in [0.5, 0.6) is 0 Å². The predicted molar refractivity (Wildman–Crippen MR) is 119 cm³/mol. The number of nitrogens with one attached hydrogen (secondary N) is 4. The Balaban J connectivity index is 1.48. The van der Waals surface area contributed by atoms with E-state index in [-0.39, 0.29) is 30.8 Å². The Morgan fingerprint density at radius 1 is 0.767 bits per heavy atom. The number of rotatable bonds is 7. The van der Waals surface area contributed by atoms with Crippen molar-refractivity contribution >= 4 is 40.0 Å². The quantitative estimate of drug-likeness (QED) is 0.483. The summed E-state index contributed by atoms with van der Waals surface area (Å²) in [6.45, 7) is 2.57. The lowest BCUT2D eigenvalue weighted by Crippen LogP contribution is -2.28. The summed E-state index contributed by atoms with van der Waals surface area (Å²) in [5.74, 6) is -0.453. The summed E-state index contributed by atoms with van der Waals surface area (Å²) in [6, 6.07) is 19.9. The molecule has 0 aliphatic rings. The molecular formula is C23H24N4O3. The van der Waals surface area contributed by atoms with E-state index < -0.39 is 0 Å². The first-order chi connectivity index (χ1) is 14.5. The van der Waals surface area contributed by atoms with E-state index in [4.69, 9.17) is 0 Å². The molecule has 0 saturated heterocycles. The number of hydrogen-bond acceptors (Lipinski definition) is 3. The molecule has 3 rings (SSSR count). The van der Waals surface area contributed by atoms with E-state index in [9.17, 15) is 14.4 Å². The van der Waals surface area contributed by atoms with Crippen LogP contribution in [0.1, 0.15) is 23.7 Å². The summed E-state index contributed by atoms with van der Waals surface area (Å²) in [7, 11) is 0. The Morgan fingerprint density at radius 3 is 2.27 bits per heavy atom. The number of fused-ring (bicyclic) bond motifs is 1. The lowest BCUT2D eigenvalue weighted by Gasteiger charge is -2.10. The highest BCUT2D eigenvalue weighted by atomic mass is 16.2. The third-order valence-corrected chi connectivity index (χ3v) is 4.39. The fourth-order valence-electron chi connectivity index (χ4n) is 2.96. The van der Waals surface area contributed by atoms with Crippen molar-refractivity contribution < 1.29 is 14.4 Å². The summed E-state index contributed by atoms with van der Waals surface area (Å²) >= 11 is 0. The highest BCUT2D eigenvalue weighted by Gasteiger charge is 2.08. The van der Waals surface area contributed by atoms with Crippen molar-refractivity contribution in [2.24, 2.45) is 0 Å². The van der Waals surface area contributed by atoms with Crippen molar-refractivity contribution in [1.29, 1.82) is 0 Å². The second-order valence-electron chi connectivity index (χ2n) is 6.68. The van der Waals surface area contributed by atoms with Gasteiger partial charge >= 0.3 is 6.03 Å². The molecule has 0 heterocycles. The van der Waals surface area contributed by atoms with Crippen LogP contribution in [0, 0.1) is 0 Å². The van der Waals surface area contributed by atoms with Crippen molar-refractivity contribution in [2.45, 2.75) is 13.3 Å². The van der Waals surface area contributed by atoms with Gasteiger partial charge in [-0.25, -0.2) is 4.79 Å². The molecule has 3 aromatic rings. The lowest BCUT2D eigenvalue weighted by atomic mass is 10.1. The van der Waals surface area contributed by atoms with Crippen molar-refractivity contribution in [3.8, 4) is 0 Å². The molecule has 0 aliphatic carbocycles. The monoisotopic (exact) mass is 404 g/mol. The van der Waals surface area contributed by atoms with Gasteiger partial charge in [-0.05, 0) is 48.0 Å². The van der Waals surface area contributed by atoms with E-state index in [1.165, 1.54) is 0 Å². The molecule has 7 heteroatoms. The van der Waals surface area contributed by atoms with Gasteiger partial charge in [-0.3, -0.25) is 9.59 Å². The molecule has 0 aliphatic heterocycles. The zero-order valence-electron chi connectivity index (χ0n) is 16.7. The van der Waals surface area contributed by atoms with Gasteiger partial charge in [0.05, 0.1) is 0 Å². The molecule has 0 spiro atoms. The Bertz CT molecular complexity index is 1070. The number of benzene rings is 3. The van der Waals surface area contributed by atoms with Crippen molar-refractivity contribution in [3.05, 3.63) is 72.3 Å². The van der Waals surface area contributed by atoms with E-state index >= 15 is 0 Å². The molecule has 0 unspecified atom stereocenters. The third kappa shape index (κ3) is 5.81. The number of carbonyl (C=O) groups excluding carboxylic acids is 3. The fraction of sp³-hybridized carbons (Fsp3) is 0.174. The number of amides is 4. The predicted octanol–water partition coefficient (Wildman–Crippen LogP) is 3.74. The molecular weight excluding hydrogens is 380 g/mol. The SMILES string of the molecule is CCNC(=O)Nc1cccc(NC(=O)CCNC(=O)c2ccc3ccccc3c2)c1. The Morgan fingerprint density at radius 2 is 1.50 bits per heavy atom. The summed E-state index contributed by atoms with van der Waals surface area (Å²) in [4.78, 5) is 36.1. The Hall–Kier alpha value is -3.87. The summed E-state index contributed by atoms with van der Waals surface area (Å²) in [6.07, 6.45) is 0.132. The molecule has 0 bridgehead atoms. The maximum absolute atomic E-state index is 12.3. The van der Waals surface area contributed by atoms with Crippen LogP contribution in [0.25, 0.3) is 10.8 Å². The van der Waals surface area contributed by atoms with E-state index in [1.807, 2.05) is 43.3 Å². The summed E-state index contributed by atoms with van der Waals surface area (Å²) < 4.78 is 0. The molecule has 154 valence electrons. The van der Waals surface area contributed by atoms with Gasteiger partial charge in [-0.2, -0.15) is 0 Å². The van der Waals surface area contributed by atoms with Crippen LogP contribution in [0.3, 0.4) is 0 Å². The van der Waals surface area contributed by atoms with Crippen LogP contribution >= 0.6 is 0 Å². The summed E-state index contributed by atoms with van der Waals surface area (Å²) in [5.41, 5.74) is 1.69. The van der Waals surface area contributed by atoms with Gasteiger partial charge in [0.1, 0.15) is 0 Å². The average Bonchev–Trinajstić information content (AvgIpc) is 2.73. The van der Waals surface area contributed by atoms with Crippen LogP contribution in [0.4, 0.5) is 16.2 Å². The van der Waals surface area contributed by atoms with Gasteiger partial charge in [-0.1, -0.05) is 36.4 Å². The molecule has 7 nitrogen and oxygen atoms in total. The number of carbonyl (C=O) groups is 3. The third-order valence-electron chi connectivity index (χ3n) is 4.39. The summed E-state index contributed by atoms with van der Waals surface area (Å²) in [5, 5.41) is 12.9. The molecule has 0 fully saturated rings. The van der Waals surface area contributed by atoms with Gasteiger partial charge in [0.15, 0.2) is 0 Å². The Kier molecular flexibility index (Phi) is 7.00. The smallest absolute Gasteiger partial charge is 0.319 e. The molecule has 30 heavy (non-hydrogen) atoms. The average molecular weight is 404 g/mol. The minimum Gasteiger partial charge on any atom is -0.352 e. The van der Waals surface area contributed by atoms with Gasteiger partial charge in [0.25, 0.3) is 5.91 Å². The molecule has 0 radical (unpaired) electrons. The van der Waals surface area contributed by atoms with Gasteiger partial charge in [0, 0.05) is 36.4 Å². The van der Waals surface area contributed by atoms with E-state index in [1.54, 1.807) is 30.3 Å². The maximum atomic E-state index is 12.3.